The molecule has 1 heterocycles. The van der Waals surface area contributed by atoms with Crippen molar-refractivity contribution < 1.29 is 22.7 Å². The molecule has 1 aromatic heterocycles. The van der Waals surface area contributed by atoms with Gasteiger partial charge in [0, 0.05) is 14.1 Å². The number of methoxy groups -OCH3 is 1. The first kappa shape index (κ1) is 23.2. The van der Waals surface area contributed by atoms with Gasteiger partial charge in [-0.1, -0.05) is 18.2 Å². The molecule has 0 aliphatic carbocycles. The van der Waals surface area contributed by atoms with Crippen LogP contribution >= 0.6 is 0 Å². The Balaban J connectivity index is 1.95. The summed E-state index contributed by atoms with van der Waals surface area (Å²) < 4.78 is 32.8. The molecular weight excluding hydrogens is 432 g/mol. The quantitative estimate of drug-likeness (QED) is 0.432. The number of nitrogens with zero attached hydrogens (tertiary/aromatic N) is 3. The fourth-order valence-electron chi connectivity index (χ4n) is 3.24. The van der Waals surface area contributed by atoms with Crippen molar-refractivity contribution in [3.8, 4) is 11.4 Å². The van der Waals surface area contributed by atoms with Gasteiger partial charge in [-0.2, -0.15) is 5.10 Å². The van der Waals surface area contributed by atoms with E-state index in [9.17, 15) is 18.0 Å². The lowest BCUT2D eigenvalue weighted by Gasteiger charge is -2.15. The number of benzene rings is 2. The van der Waals surface area contributed by atoms with Crippen molar-refractivity contribution >= 4 is 27.4 Å². The first-order chi connectivity index (χ1) is 15.1. The van der Waals surface area contributed by atoms with Crippen LogP contribution in [-0.4, -0.2) is 55.4 Å². The van der Waals surface area contributed by atoms with Gasteiger partial charge in [0.15, 0.2) is 0 Å². The molecule has 1 amide bonds. The zero-order valence-electron chi connectivity index (χ0n) is 18.4. The predicted molar refractivity (Wildman–Crippen MR) is 120 cm³/mol. The highest BCUT2D eigenvalue weighted by molar-refractivity contribution is 7.89. The van der Waals surface area contributed by atoms with Gasteiger partial charge in [0.05, 0.1) is 40.3 Å². The Bertz CT molecular complexity index is 1280. The molecule has 0 atom stereocenters. The van der Waals surface area contributed by atoms with Gasteiger partial charge >= 0.3 is 0 Å². The molecule has 168 valence electrons. The van der Waals surface area contributed by atoms with Crippen LogP contribution < -0.4 is 10.1 Å². The van der Waals surface area contributed by atoms with E-state index in [1.807, 2.05) is 30.3 Å². The summed E-state index contributed by atoms with van der Waals surface area (Å²) in [6, 6.07) is 13.3. The Labute approximate surface area is 186 Å². The summed E-state index contributed by atoms with van der Waals surface area (Å²) in [6.07, 6.45) is 0. The summed E-state index contributed by atoms with van der Waals surface area (Å²) in [4.78, 5) is 25.8. The van der Waals surface area contributed by atoms with Gasteiger partial charge in [0.1, 0.15) is 5.75 Å². The molecule has 0 aliphatic heterocycles. The molecule has 0 fully saturated rings. The fourth-order valence-corrected chi connectivity index (χ4v) is 4.17. The number of carbonyl (C=O) groups excluding carboxylic acids is 2. The number of Topliss-reactive ketones (excluding diaryl/α,β-unsaturated/α-hetero) is 1. The number of aromatic nitrogens is 2. The third kappa shape index (κ3) is 4.27. The highest BCUT2D eigenvalue weighted by Crippen LogP contribution is 2.29. The van der Waals surface area contributed by atoms with Crippen LogP contribution in [0.4, 0.5) is 5.69 Å². The van der Waals surface area contributed by atoms with Gasteiger partial charge in [0.25, 0.3) is 11.7 Å². The van der Waals surface area contributed by atoms with Crippen LogP contribution in [0.25, 0.3) is 5.69 Å². The Morgan fingerprint density at radius 3 is 2.31 bits per heavy atom. The van der Waals surface area contributed by atoms with E-state index in [1.54, 1.807) is 18.5 Å². The highest BCUT2D eigenvalue weighted by Gasteiger charge is 2.27. The second-order valence-electron chi connectivity index (χ2n) is 7.23. The molecule has 0 saturated heterocycles. The van der Waals surface area contributed by atoms with Gasteiger partial charge in [-0.15, -0.1) is 0 Å². The molecular formula is C22H24N4O5S. The van der Waals surface area contributed by atoms with E-state index in [1.165, 1.54) is 39.4 Å². The van der Waals surface area contributed by atoms with Gasteiger partial charge in [-0.05, 0) is 44.2 Å². The van der Waals surface area contributed by atoms with Crippen LogP contribution in [0, 0.1) is 13.8 Å². The van der Waals surface area contributed by atoms with Crippen LogP contribution in [0.2, 0.25) is 0 Å². The van der Waals surface area contributed by atoms with E-state index < -0.39 is 21.7 Å². The molecule has 10 heteroatoms. The molecule has 0 bridgehead atoms. The van der Waals surface area contributed by atoms with E-state index in [2.05, 4.69) is 10.4 Å². The first-order valence-corrected chi connectivity index (χ1v) is 11.1. The number of carbonyl (C=O) groups is 2. The molecule has 0 radical (unpaired) electrons. The standard InChI is InChI=1S/C22H24N4O5S/c1-14-20(15(2)26(24-14)16-9-7-6-8-10-16)21(27)22(28)23-18-13-17(11-12-19(18)31-5)32(29,30)25(3)4/h6-13H,1-5H3,(H,23,28). The number of amides is 1. The predicted octanol–water partition coefficient (Wildman–Crippen LogP) is 2.57. The fraction of sp³-hybridized carbons (Fsp3) is 0.227. The Morgan fingerprint density at radius 2 is 1.72 bits per heavy atom. The number of anilines is 1. The Kier molecular flexibility index (Phi) is 6.47. The summed E-state index contributed by atoms with van der Waals surface area (Å²) in [6.45, 7) is 3.36. The Hall–Kier alpha value is -3.50. The molecule has 1 N–H and O–H groups in total. The Morgan fingerprint density at radius 1 is 1.06 bits per heavy atom. The second kappa shape index (κ2) is 8.93. The van der Waals surface area contributed by atoms with Crippen molar-refractivity contribution in [2.24, 2.45) is 0 Å². The maximum absolute atomic E-state index is 13.0. The largest absolute Gasteiger partial charge is 0.495 e. The average Bonchev–Trinajstić information content (AvgIpc) is 3.07. The number of nitrogens with one attached hydrogen (secondary N) is 1. The first-order valence-electron chi connectivity index (χ1n) is 9.65. The van der Waals surface area contributed by atoms with Gasteiger partial charge in [-0.3, -0.25) is 9.59 Å². The van der Waals surface area contributed by atoms with Gasteiger partial charge in [-0.25, -0.2) is 17.4 Å². The number of ether oxygens (including phenoxy) is 1. The van der Waals surface area contributed by atoms with E-state index in [0.717, 1.165) is 9.99 Å². The van der Waals surface area contributed by atoms with Crippen molar-refractivity contribution in [2.45, 2.75) is 18.7 Å². The van der Waals surface area contributed by atoms with Crippen molar-refractivity contribution in [1.29, 1.82) is 0 Å². The topological polar surface area (TPSA) is 111 Å². The zero-order valence-corrected chi connectivity index (χ0v) is 19.2. The molecule has 32 heavy (non-hydrogen) atoms. The van der Waals surface area contributed by atoms with E-state index in [0.29, 0.717) is 11.4 Å². The third-order valence-electron chi connectivity index (χ3n) is 4.92. The van der Waals surface area contributed by atoms with Crippen molar-refractivity contribution in [3.05, 3.63) is 65.5 Å². The average molecular weight is 457 g/mol. The lowest BCUT2D eigenvalue weighted by molar-refractivity contribution is -0.112. The van der Waals surface area contributed by atoms with Gasteiger partial charge < -0.3 is 10.1 Å². The summed E-state index contributed by atoms with van der Waals surface area (Å²) in [5.41, 5.74) is 1.94. The SMILES string of the molecule is COc1ccc(S(=O)(=O)N(C)C)cc1NC(=O)C(=O)c1c(C)nn(-c2ccccc2)c1C. The lowest BCUT2D eigenvalue weighted by atomic mass is 10.1. The molecule has 0 unspecified atom stereocenters. The van der Waals surface area contributed by atoms with E-state index >= 15 is 0 Å². The van der Waals surface area contributed by atoms with Gasteiger partial charge in [0.2, 0.25) is 10.0 Å². The number of hydrogen-bond donors (Lipinski definition) is 1. The minimum Gasteiger partial charge on any atom is -0.495 e. The molecule has 0 saturated carbocycles. The molecule has 3 rings (SSSR count). The zero-order chi connectivity index (χ0) is 23.6. The van der Waals surface area contributed by atoms with Crippen LogP contribution in [-0.2, 0) is 14.8 Å². The monoisotopic (exact) mass is 456 g/mol. The maximum Gasteiger partial charge on any atom is 0.297 e. The van der Waals surface area contributed by atoms with Crippen molar-refractivity contribution in [3.63, 3.8) is 0 Å². The van der Waals surface area contributed by atoms with E-state index in [-0.39, 0.29) is 21.9 Å². The van der Waals surface area contributed by atoms with E-state index in [4.69, 9.17) is 4.74 Å². The lowest BCUT2D eigenvalue weighted by Crippen LogP contribution is -2.25. The van der Waals surface area contributed by atoms with Crippen molar-refractivity contribution in [1.82, 2.24) is 14.1 Å². The number of ketones is 1. The molecule has 0 aliphatic rings. The summed E-state index contributed by atoms with van der Waals surface area (Å²) in [5.74, 6) is -1.50. The molecule has 3 aromatic rings. The minimum absolute atomic E-state index is 0.0460. The van der Waals surface area contributed by atoms with Crippen LogP contribution in [0.5, 0.6) is 5.75 Å². The normalized spacial score (nSPS) is 11.4. The molecule has 2 aromatic carbocycles. The second-order valence-corrected chi connectivity index (χ2v) is 9.38. The number of para-hydroxylation sites is 1. The molecule has 0 spiro atoms. The highest BCUT2D eigenvalue weighted by atomic mass is 32.2. The summed E-state index contributed by atoms with van der Waals surface area (Å²) in [5, 5.41) is 6.88. The maximum atomic E-state index is 13.0. The van der Waals surface area contributed by atoms with Crippen LogP contribution in [0.1, 0.15) is 21.7 Å². The van der Waals surface area contributed by atoms with Crippen LogP contribution in [0.3, 0.4) is 0 Å². The number of hydrogen-bond acceptors (Lipinski definition) is 6. The third-order valence-corrected chi connectivity index (χ3v) is 6.73. The minimum atomic E-state index is -3.75. The smallest absolute Gasteiger partial charge is 0.297 e. The summed E-state index contributed by atoms with van der Waals surface area (Å²) in [7, 11) is 0.435. The number of rotatable bonds is 7. The number of aryl methyl sites for hydroxylation is 1. The summed E-state index contributed by atoms with van der Waals surface area (Å²) >= 11 is 0. The molecule has 9 nitrogen and oxygen atoms in total. The van der Waals surface area contributed by atoms with Crippen molar-refractivity contribution in [2.75, 3.05) is 26.5 Å². The van der Waals surface area contributed by atoms with Crippen LogP contribution in [0.15, 0.2) is 53.4 Å². The number of sulfonamides is 1.